The van der Waals surface area contributed by atoms with Crippen LogP contribution in [0.2, 0.25) is 0 Å². The minimum Gasteiger partial charge on any atom is -0.466 e. The zero-order chi connectivity index (χ0) is 8.97. The molecule has 0 fully saturated rings. The molecule has 0 radical (unpaired) electrons. The van der Waals surface area contributed by atoms with Gasteiger partial charge in [0.25, 0.3) is 5.91 Å². The molecule has 1 aromatic heterocycles. The van der Waals surface area contributed by atoms with Crippen LogP contribution in [-0.2, 0) is 11.3 Å². The summed E-state index contributed by atoms with van der Waals surface area (Å²) < 4.78 is 9.79. The lowest BCUT2D eigenvalue weighted by atomic mass is 10.2. The van der Waals surface area contributed by atoms with Crippen molar-refractivity contribution in [3.05, 3.63) is 23.7 Å². The molecule has 3 N–H and O–H groups in total. The number of carbonyl (C=O) groups excluding carboxylic acids is 1. The Morgan fingerprint density at radius 2 is 2.58 bits per heavy atom. The van der Waals surface area contributed by atoms with Crippen LogP contribution in [0.5, 0.6) is 0 Å². The van der Waals surface area contributed by atoms with E-state index in [0.29, 0.717) is 11.3 Å². The van der Waals surface area contributed by atoms with Gasteiger partial charge in [-0.2, -0.15) is 0 Å². The normalized spacial score (nSPS) is 9.83. The molecule has 66 valence electrons. The van der Waals surface area contributed by atoms with Crippen molar-refractivity contribution < 1.29 is 13.9 Å². The summed E-state index contributed by atoms with van der Waals surface area (Å²) in [4.78, 5) is 11.0. The maximum atomic E-state index is 11.0. The maximum Gasteiger partial charge on any atom is 0.268 e. The van der Waals surface area contributed by atoms with Gasteiger partial charge in [-0.1, -0.05) is 0 Å². The number of hydrazine groups is 1. The Hall–Kier alpha value is -1.33. The number of methoxy groups -OCH3 is 1. The van der Waals surface area contributed by atoms with E-state index in [1.54, 1.807) is 0 Å². The lowest BCUT2D eigenvalue weighted by molar-refractivity contribution is 0.0944. The van der Waals surface area contributed by atoms with Gasteiger partial charge in [-0.3, -0.25) is 10.2 Å². The molecule has 5 nitrogen and oxygen atoms in total. The summed E-state index contributed by atoms with van der Waals surface area (Å²) in [5, 5.41) is 0. The fraction of sp³-hybridized carbons (Fsp3) is 0.286. The number of amides is 1. The predicted octanol–water partition coefficient (Wildman–Crippen LogP) is 0.0295. The van der Waals surface area contributed by atoms with E-state index in [-0.39, 0.29) is 12.5 Å². The number of nitrogens with two attached hydrogens (primary N) is 1. The Kier molecular flexibility index (Phi) is 2.84. The number of hydrogen-bond acceptors (Lipinski definition) is 4. The van der Waals surface area contributed by atoms with E-state index in [0.717, 1.165) is 0 Å². The van der Waals surface area contributed by atoms with Crippen LogP contribution < -0.4 is 11.3 Å². The first-order chi connectivity index (χ1) is 5.79. The summed E-state index contributed by atoms with van der Waals surface area (Å²) >= 11 is 0. The van der Waals surface area contributed by atoms with E-state index in [1.807, 2.05) is 5.43 Å². The number of nitrogens with one attached hydrogen (secondary N) is 1. The minimum atomic E-state index is -0.379. The molecule has 5 heteroatoms. The second-order valence-corrected chi connectivity index (χ2v) is 2.16. The van der Waals surface area contributed by atoms with Crippen LogP contribution in [0, 0.1) is 0 Å². The van der Waals surface area contributed by atoms with E-state index in [9.17, 15) is 4.79 Å². The Balaban J connectivity index is 2.83. The molecule has 0 bridgehead atoms. The molecule has 0 aromatic carbocycles. The zero-order valence-corrected chi connectivity index (χ0v) is 6.66. The molecule has 1 rings (SSSR count). The fourth-order valence-electron chi connectivity index (χ4n) is 0.864. The number of nitrogen functional groups attached to an aromatic ring is 1. The molecule has 0 saturated heterocycles. The van der Waals surface area contributed by atoms with Crippen molar-refractivity contribution in [3.63, 3.8) is 0 Å². The number of hydrogen-bond donors (Lipinski definition) is 2. The second-order valence-electron chi connectivity index (χ2n) is 2.16. The standard InChI is InChI=1S/C7H10N2O3/c1-11-4-6-5(2-3-12-6)7(10)9-8/h2-3H,4,8H2,1H3,(H,9,10). The molecule has 0 aliphatic heterocycles. The molecule has 1 amide bonds. The van der Waals surface area contributed by atoms with Gasteiger partial charge in [-0.25, -0.2) is 5.84 Å². The summed E-state index contributed by atoms with van der Waals surface area (Å²) in [5.41, 5.74) is 2.41. The van der Waals surface area contributed by atoms with E-state index < -0.39 is 0 Å². The molecule has 0 spiro atoms. The average Bonchev–Trinajstić information content (AvgIpc) is 2.52. The Morgan fingerprint density at radius 1 is 1.83 bits per heavy atom. The van der Waals surface area contributed by atoms with Gasteiger partial charge in [0.1, 0.15) is 12.4 Å². The monoisotopic (exact) mass is 170 g/mol. The number of rotatable bonds is 3. The third-order valence-electron chi connectivity index (χ3n) is 1.40. The topological polar surface area (TPSA) is 77.5 Å². The van der Waals surface area contributed by atoms with Crippen LogP contribution >= 0.6 is 0 Å². The van der Waals surface area contributed by atoms with Gasteiger partial charge >= 0.3 is 0 Å². The maximum absolute atomic E-state index is 11.0. The number of ether oxygens (including phenoxy) is 1. The third kappa shape index (κ3) is 1.63. The largest absolute Gasteiger partial charge is 0.466 e. The van der Waals surface area contributed by atoms with Crippen LogP contribution in [0.1, 0.15) is 16.1 Å². The van der Waals surface area contributed by atoms with Crippen molar-refractivity contribution in [2.45, 2.75) is 6.61 Å². The summed E-state index contributed by atoms with van der Waals surface area (Å²) in [6.45, 7) is 0.260. The Morgan fingerprint density at radius 3 is 3.17 bits per heavy atom. The van der Waals surface area contributed by atoms with Gasteiger partial charge < -0.3 is 9.15 Å². The number of furan rings is 1. The van der Waals surface area contributed by atoms with Gasteiger partial charge in [-0.15, -0.1) is 0 Å². The van der Waals surface area contributed by atoms with Crippen molar-refractivity contribution in [1.29, 1.82) is 0 Å². The van der Waals surface area contributed by atoms with Gasteiger partial charge in [0.2, 0.25) is 0 Å². The molecular formula is C7H10N2O3. The fourth-order valence-corrected chi connectivity index (χ4v) is 0.864. The van der Waals surface area contributed by atoms with Crippen molar-refractivity contribution in [3.8, 4) is 0 Å². The quantitative estimate of drug-likeness (QED) is 0.381. The summed E-state index contributed by atoms with van der Waals surface area (Å²) in [5.74, 6) is 5.04. The SMILES string of the molecule is COCc1occc1C(=O)NN. The first-order valence-corrected chi connectivity index (χ1v) is 3.36. The highest BCUT2D eigenvalue weighted by Crippen LogP contribution is 2.10. The van der Waals surface area contributed by atoms with Crippen LogP contribution in [0.3, 0.4) is 0 Å². The Labute approximate surface area is 69.5 Å². The first-order valence-electron chi connectivity index (χ1n) is 3.36. The first kappa shape index (κ1) is 8.76. The summed E-state index contributed by atoms with van der Waals surface area (Å²) in [6, 6.07) is 1.54. The van der Waals surface area contributed by atoms with E-state index in [2.05, 4.69) is 0 Å². The smallest absolute Gasteiger partial charge is 0.268 e. The van der Waals surface area contributed by atoms with E-state index in [1.165, 1.54) is 19.4 Å². The predicted molar refractivity (Wildman–Crippen MR) is 41.1 cm³/mol. The minimum absolute atomic E-state index is 0.260. The molecule has 1 heterocycles. The highest BCUT2D eigenvalue weighted by atomic mass is 16.5. The zero-order valence-electron chi connectivity index (χ0n) is 6.66. The molecule has 0 aliphatic carbocycles. The second kappa shape index (κ2) is 3.89. The lowest BCUT2D eigenvalue weighted by Gasteiger charge is -1.98. The van der Waals surface area contributed by atoms with Gasteiger partial charge in [0.05, 0.1) is 11.8 Å². The molecule has 1 aromatic rings. The van der Waals surface area contributed by atoms with Crippen LogP contribution in [-0.4, -0.2) is 13.0 Å². The summed E-state index contributed by atoms with van der Waals surface area (Å²) in [6.07, 6.45) is 1.42. The van der Waals surface area contributed by atoms with Crippen LogP contribution in [0.25, 0.3) is 0 Å². The molecule has 0 aliphatic rings. The van der Waals surface area contributed by atoms with E-state index in [4.69, 9.17) is 15.0 Å². The van der Waals surface area contributed by atoms with Crippen molar-refractivity contribution >= 4 is 5.91 Å². The molecule has 0 saturated carbocycles. The van der Waals surface area contributed by atoms with Crippen molar-refractivity contribution in [1.82, 2.24) is 5.43 Å². The van der Waals surface area contributed by atoms with E-state index >= 15 is 0 Å². The highest BCUT2D eigenvalue weighted by Gasteiger charge is 2.12. The molecule has 0 unspecified atom stereocenters. The van der Waals surface area contributed by atoms with Crippen molar-refractivity contribution in [2.75, 3.05) is 7.11 Å². The van der Waals surface area contributed by atoms with Gasteiger partial charge in [-0.05, 0) is 6.07 Å². The Bertz CT molecular complexity index is 269. The average molecular weight is 170 g/mol. The van der Waals surface area contributed by atoms with Crippen LogP contribution in [0.4, 0.5) is 0 Å². The van der Waals surface area contributed by atoms with Crippen LogP contribution in [0.15, 0.2) is 16.7 Å². The molecule has 0 atom stereocenters. The van der Waals surface area contributed by atoms with Gasteiger partial charge in [0.15, 0.2) is 0 Å². The molecule has 12 heavy (non-hydrogen) atoms. The highest BCUT2D eigenvalue weighted by molar-refractivity contribution is 5.94. The lowest BCUT2D eigenvalue weighted by Crippen LogP contribution is -2.30. The van der Waals surface area contributed by atoms with Gasteiger partial charge in [0, 0.05) is 7.11 Å². The van der Waals surface area contributed by atoms with Crippen molar-refractivity contribution in [2.24, 2.45) is 5.84 Å². The third-order valence-corrected chi connectivity index (χ3v) is 1.40. The summed E-state index contributed by atoms with van der Waals surface area (Å²) in [7, 11) is 1.52. The number of carbonyl (C=O) groups is 1. The molecular weight excluding hydrogens is 160 g/mol.